The molecule has 0 radical (unpaired) electrons. The summed E-state index contributed by atoms with van der Waals surface area (Å²) in [4.78, 5) is 12.1. The predicted octanol–water partition coefficient (Wildman–Crippen LogP) is 5.03. The van der Waals surface area contributed by atoms with Gasteiger partial charge in [-0.2, -0.15) is 13.2 Å². The van der Waals surface area contributed by atoms with E-state index in [1.54, 1.807) is 30.3 Å². The van der Waals surface area contributed by atoms with Crippen molar-refractivity contribution in [3.05, 3.63) is 90.0 Å². The molecule has 0 aliphatic carbocycles. The van der Waals surface area contributed by atoms with Gasteiger partial charge in [0.05, 0.1) is 10.5 Å². The van der Waals surface area contributed by atoms with Gasteiger partial charge in [0, 0.05) is 5.56 Å². The maximum atomic E-state index is 12.6. The minimum atomic E-state index is -4.41. The zero-order chi connectivity index (χ0) is 20.4. The molecule has 144 valence electrons. The van der Waals surface area contributed by atoms with Crippen LogP contribution in [0.1, 0.15) is 15.9 Å². The molecule has 3 nitrogen and oxygen atoms in total. The number of ketones is 1. The smallest absolute Gasteiger partial charge is 0.293 e. The zero-order valence-electron chi connectivity index (χ0n) is 14.5. The molecule has 7 heteroatoms. The molecule has 0 unspecified atom stereocenters. The van der Waals surface area contributed by atoms with Gasteiger partial charge in [0.1, 0.15) is 5.75 Å². The molecule has 0 spiro atoms. The molecule has 0 aliphatic rings. The second-order valence-electron chi connectivity index (χ2n) is 6.15. The topological polar surface area (TPSA) is 51.2 Å². The van der Waals surface area contributed by atoms with Gasteiger partial charge in [-0.3, -0.25) is 4.79 Å². The summed E-state index contributed by atoms with van der Waals surface area (Å²) in [5, 5.41) is 0. The van der Waals surface area contributed by atoms with Crippen molar-refractivity contribution in [2.75, 3.05) is 5.75 Å². The number of hydrogen-bond donors (Lipinski definition) is 0. The normalized spacial score (nSPS) is 12.0. The highest BCUT2D eigenvalue weighted by molar-refractivity contribution is 7.92. The number of rotatable bonds is 5. The predicted molar refractivity (Wildman–Crippen MR) is 99.7 cm³/mol. The third kappa shape index (κ3) is 4.48. The minimum absolute atomic E-state index is 0.0209. The lowest BCUT2D eigenvalue weighted by atomic mass is 10.0. The molecule has 0 amide bonds. The number of halogens is 3. The van der Waals surface area contributed by atoms with Crippen LogP contribution in [-0.2, 0) is 16.0 Å². The summed E-state index contributed by atoms with van der Waals surface area (Å²) in [5.74, 6) is -1.16. The summed E-state index contributed by atoms with van der Waals surface area (Å²) in [5.41, 5.74) is 0.654. The Balaban J connectivity index is 1.79. The molecular weight excluding hydrogens is 389 g/mol. The van der Waals surface area contributed by atoms with E-state index < -0.39 is 33.1 Å². The summed E-state index contributed by atoms with van der Waals surface area (Å²) in [6, 6.07) is 18.4. The molecule has 3 aromatic carbocycles. The third-order valence-electron chi connectivity index (χ3n) is 4.18. The Labute approximate surface area is 160 Å². The maximum absolute atomic E-state index is 12.6. The second kappa shape index (κ2) is 7.59. The molecular formula is C21H15F3O3S. The number of alkyl halides is 3. The van der Waals surface area contributed by atoms with Crippen LogP contribution in [0.5, 0.6) is 0 Å². The van der Waals surface area contributed by atoms with Crippen molar-refractivity contribution in [2.45, 2.75) is 11.1 Å². The van der Waals surface area contributed by atoms with E-state index in [0.717, 1.165) is 12.1 Å². The van der Waals surface area contributed by atoms with Crippen molar-refractivity contribution in [1.29, 1.82) is 0 Å². The van der Waals surface area contributed by atoms with Gasteiger partial charge < -0.3 is 0 Å². The van der Waals surface area contributed by atoms with Crippen molar-refractivity contribution >= 4 is 15.6 Å². The van der Waals surface area contributed by atoms with Crippen LogP contribution in [0, 0.1) is 0 Å². The molecule has 0 bridgehead atoms. The first kappa shape index (κ1) is 19.8. The molecule has 0 heterocycles. The fourth-order valence-electron chi connectivity index (χ4n) is 2.67. The molecule has 0 saturated carbocycles. The average Bonchev–Trinajstić information content (AvgIpc) is 2.68. The van der Waals surface area contributed by atoms with Crippen molar-refractivity contribution in [3.63, 3.8) is 0 Å². The largest absolute Gasteiger partial charge is 0.416 e. The van der Waals surface area contributed by atoms with Crippen LogP contribution in [0.15, 0.2) is 83.8 Å². The lowest BCUT2D eigenvalue weighted by molar-refractivity contribution is -0.137. The van der Waals surface area contributed by atoms with Gasteiger partial charge in [-0.15, -0.1) is 0 Å². The van der Waals surface area contributed by atoms with Gasteiger partial charge in [0.25, 0.3) is 0 Å². The van der Waals surface area contributed by atoms with Crippen LogP contribution < -0.4 is 0 Å². The van der Waals surface area contributed by atoms with E-state index >= 15 is 0 Å². The van der Waals surface area contributed by atoms with Crippen LogP contribution in [-0.4, -0.2) is 20.0 Å². The van der Waals surface area contributed by atoms with Gasteiger partial charge >= 0.3 is 6.18 Å². The lowest BCUT2D eigenvalue weighted by Gasteiger charge is -2.09. The summed E-state index contributed by atoms with van der Waals surface area (Å²) in [7, 11) is -3.83. The Morgan fingerprint density at radius 2 is 1.25 bits per heavy atom. The summed E-state index contributed by atoms with van der Waals surface area (Å²) in [6.07, 6.45) is -4.41. The monoisotopic (exact) mass is 404 g/mol. The summed E-state index contributed by atoms with van der Waals surface area (Å²) >= 11 is 0. The first-order valence-electron chi connectivity index (χ1n) is 8.25. The van der Waals surface area contributed by atoms with Crippen LogP contribution in [0.25, 0.3) is 11.1 Å². The van der Waals surface area contributed by atoms with E-state index in [4.69, 9.17) is 0 Å². The van der Waals surface area contributed by atoms with Crippen LogP contribution in [0.3, 0.4) is 0 Å². The number of benzene rings is 3. The van der Waals surface area contributed by atoms with Crippen LogP contribution in [0.4, 0.5) is 13.2 Å². The van der Waals surface area contributed by atoms with Gasteiger partial charge in [-0.1, -0.05) is 54.6 Å². The molecule has 0 aromatic heterocycles. The van der Waals surface area contributed by atoms with Gasteiger partial charge in [0.2, 0.25) is 0 Å². The standard InChI is InChI=1S/C21H15F3O3S/c22-21(23,24)18-10-6-15(7-11-18)16-8-12-19(13-9-16)28(26,27)14-20(25)17-4-2-1-3-5-17/h1-13H,14H2. The third-order valence-corrected chi connectivity index (χ3v) is 5.81. The second-order valence-corrected chi connectivity index (χ2v) is 8.14. The van der Waals surface area contributed by atoms with E-state index in [9.17, 15) is 26.4 Å². The highest BCUT2D eigenvalue weighted by Gasteiger charge is 2.30. The van der Waals surface area contributed by atoms with Crippen LogP contribution in [0.2, 0.25) is 0 Å². The van der Waals surface area contributed by atoms with Crippen molar-refractivity contribution < 1.29 is 26.4 Å². The molecule has 0 N–H and O–H groups in total. The zero-order valence-corrected chi connectivity index (χ0v) is 15.3. The van der Waals surface area contributed by atoms with Crippen molar-refractivity contribution in [2.24, 2.45) is 0 Å². The van der Waals surface area contributed by atoms with Gasteiger partial charge in [-0.25, -0.2) is 8.42 Å². The maximum Gasteiger partial charge on any atom is 0.416 e. The molecule has 3 aromatic rings. The van der Waals surface area contributed by atoms with E-state index in [0.29, 0.717) is 16.7 Å². The fraction of sp³-hybridized carbons (Fsp3) is 0.0952. The quantitative estimate of drug-likeness (QED) is 0.561. The Bertz CT molecular complexity index is 1070. The fourth-order valence-corrected chi connectivity index (χ4v) is 3.90. The first-order valence-corrected chi connectivity index (χ1v) is 9.91. The summed E-state index contributed by atoms with van der Waals surface area (Å²) in [6.45, 7) is 0. The van der Waals surface area contributed by atoms with Crippen molar-refractivity contribution in [1.82, 2.24) is 0 Å². The molecule has 0 aliphatic heterocycles. The number of carbonyl (C=O) groups is 1. The molecule has 0 fully saturated rings. The molecule has 0 atom stereocenters. The van der Waals surface area contributed by atoms with Gasteiger partial charge in [-0.05, 0) is 35.4 Å². The number of carbonyl (C=O) groups excluding carboxylic acids is 1. The minimum Gasteiger partial charge on any atom is -0.293 e. The molecule has 3 rings (SSSR count). The Hall–Kier alpha value is -2.93. The number of hydrogen-bond acceptors (Lipinski definition) is 3. The Kier molecular flexibility index (Phi) is 5.38. The molecule has 0 saturated heterocycles. The number of sulfone groups is 1. The highest BCUT2D eigenvalue weighted by atomic mass is 32.2. The van der Waals surface area contributed by atoms with E-state index in [2.05, 4.69) is 0 Å². The van der Waals surface area contributed by atoms with Crippen molar-refractivity contribution in [3.8, 4) is 11.1 Å². The van der Waals surface area contributed by atoms with E-state index in [1.165, 1.54) is 36.4 Å². The average molecular weight is 404 g/mol. The van der Waals surface area contributed by atoms with E-state index in [-0.39, 0.29) is 4.90 Å². The Morgan fingerprint density at radius 3 is 1.75 bits per heavy atom. The first-order chi connectivity index (χ1) is 13.2. The van der Waals surface area contributed by atoms with Crippen LogP contribution >= 0.6 is 0 Å². The number of Topliss-reactive ketones (excluding diaryl/α,β-unsaturated/α-hetero) is 1. The Morgan fingerprint density at radius 1 is 0.750 bits per heavy atom. The highest BCUT2D eigenvalue weighted by Crippen LogP contribution is 2.31. The van der Waals surface area contributed by atoms with E-state index in [1.807, 2.05) is 0 Å². The SMILES string of the molecule is O=C(CS(=O)(=O)c1ccc(-c2ccc(C(F)(F)F)cc2)cc1)c1ccccc1. The lowest BCUT2D eigenvalue weighted by Crippen LogP contribution is -2.16. The molecule has 28 heavy (non-hydrogen) atoms. The summed E-state index contributed by atoms with van der Waals surface area (Å²) < 4.78 is 62.9. The van der Waals surface area contributed by atoms with Gasteiger partial charge in [0.15, 0.2) is 15.6 Å².